The quantitative estimate of drug-likeness (QED) is 0.776. The lowest BCUT2D eigenvalue weighted by Gasteiger charge is -2.17. The topological polar surface area (TPSA) is 12.0 Å². The van der Waals surface area contributed by atoms with Crippen molar-refractivity contribution in [2.45, 2.75) is 19.9 Å². The summed E-state index contributed by atoms with van der Waals surface area (Å²) in [5, 5.41) is 4.15. The lowest BCUT2D eigenvalue weighted by molar-refractivity contribution is 0.884. The second kappa shape index (κ2) is 5.77. The summed E-state index contributed by atoms with van der Waals surface area (Å²) < 4.78 is 0.987. The Bertz CT molecular complexity index is 537. The van der Waals surface area contributed by atoms with Crippen molar-refractivity contribution in [1.29, 1.82) is 0 Å². The minimum Gasteiger partial charge on any atom is -0.377 e. The SMILES string of the molecule is Cc1ccc(C(C)Nc2ccc(Br)cc2Cl)cc1. The third-order valence-corrected chi connectivity index (χ3v) is 3.69. The summed E-state index contributed by atoms with van der Waals surface area (Å²) in [6.07, 6.45) is 0. The minimum atomic E-state index is 0.226. The van der Waals surface area contributed by atoms with Gasteiger partial charge in [-0.2, -0.15) is 0 Å². The second-order valence-electron chi connectivity index (χ2n) is 4.40. The largest absolute Gasteiger partial charge is 0.377 e. The zero-order chi connectivity index (χ0) is 13.1. The van der Waals surface area contributed by atoms with Crippen molar-refractivity contribution in [3.63, 3.8) is 0 Å². The van der Waals surface area contributed by atoms with Crippen LogP contribution in [0.5, 0.6) is 0 Å². The van der Waals surface area contributed by atoms with Crippen LogP contribution in [0, 0.1) is 6.92 Å². The number of nitrogens with one attached hydrogen (secondary N) is 1. The molecule has 0 aliphatic heterocycles. The van der Waals surface area contributed by atoms with Crippen LogP contribution in [0.25, 0.3) is 0 Å². The molecule has 0 aliphatic carbocycles. The molecule has 0 fully saturated rings. The van der Waals surface area contributed by atoms with Gasteiger partial charge in [0.15, 0.2) is 0 Å². The van der Waals surface area contributed by atoms with Crippen LogP contribution in [-0.4, -0.2) is 0 Å². The first-order valence-electron chi connectivity index (χ1n) is 5.84. The molecule has 3 heteroatoms. The molecule has 94 valence electrons. The molecule has 2 aromatic carbocycles. The Hall–Kier alpha value is -0.990. The molecule has 2 aromatic rings. The first kappa shape index (κ1) is 13.4. The van der Waals surface area contributed by atoms with Gasteiger partial charge in [-0.3, -0.25) is 0 Å². The van der Waals surface area contributed by atoms with E-state index in [1.807, 2.05) is 18.2 Å². The average molecular weight is 325 g/mol. The summed E-state index contributed by atoms with van der Waals surface area (Å²) in [4.78, 5) is 0. The number of anilines is 1. The summed E-state index contributed by atoms with van der Waals surface area (Å²) in [5.74, 6) is 0. The van der Waals surface area contributed by atoms with Gasteiger partial charge in [-0.25, -0.2) is 0 Å². The summed E-state index contributed by atoms with van der Waals surface area (Å²) in [5.41, 5.74) is 3.47. The molecule has 2 rings (SSSR count). The first-order valence-corrected chi connectivity index (χ1v) is 7.01. The summed E-state index contributed by atoms with van der Waals surface area (Å²) in [7, 11) is 0. The second-order valence-corrected chi connectivity index (χ2v) is 5.72. The number of rotatable bonds is 3. The molecule has 0 radical (unpaired) electrons. The van der Waals surface area contributed by atoms with Crippen LogP contribution in [0.2, 0.25) is 5.02 Å². The highest BCUT2D eigenvalue weighted by atomic mass is 79.9. The molecule has 1 nitrogen and oxygen atoms in total. The van der Waals surface area contributed by atoms with Gasteiger partial charge in [0.2, 0.25) is 0 Å². The predicted octanol–water partition coefficient (Wildman–Crippen LogP) is 5.58. The van der Waals surface area contributed by atoms with Gasteiger partial charge in [-0.15, -0.1) is 0 Å². The van der Waals surface area contributed by atoms with E-state index in [1.165, 1.54) is 11.1 Å². The van der Waals surface area contributed by atoms with Crippen molar-refractivity contribution >= 4 is 33.2 Å². The van der Waals surface area contributed by atoms with Gasteiger partial charge in [-0.1, -0.05) is 57.4 Å². The lowest BCUT2D eigenvalue weighted by atomic mass is 10.1. The predicted molar refractivity (Wildman–Crippen MR) is 82.4 cm³/mol. The van der Waals surface area contributed by atoms with E-state index in [0.29, 0.717) is 0 Å². The van der Waals surface area contributed by atoms with E-state index in [1.54, 1.807) is 0 Å². The third-order valence-electron chi connectivity index (χ3n) is 2.88. The van der Waals surface area contributed by atoms with Crippen molar-refractivity contribution < 1.29 is 0 Å². The Labute approximate surface area is 121 Å². The van der Waals surface area contributed by atoms with Crippen LogP contribution in [0.4, 0.5) is 5.69 Å². The molecular weight excluding hydrogens is 310 g/mol. The first-order chi connectivity index (χ1) is 8.56. The maximum absolute atomic E-state index is 6.19. The fourth-order valence-electron chi connectivity index (χ4n) is 1.78. The summed E-state index contributed by atoms with van der Waals surface area (Å²) >= 11 is 9.60. The number of halogens is 2. The Morgan fingerprint density at radius 1 is 1.11 bits per heavy atom. The van der Waals surface area contributed by atoms with Gasteiger partial charge in [0.1, 0.15) is 0 Å². The van der Waals surface area contributed by atoms with Gasteiger partial charge in [-0.05, 0) is 37.6 Å². The molecule has 18 heavy (non-hydrogen) atoms. The van der Waals surface area contributed by atoms with E-state index in [0.717, 1.165) is 15.2 Å². The Morgan fingerprint density at radius 3 is 2.39 bits per heavy atom. The van der Waals surface area contributed by atoms with Crippen LogP contribution in [0.15, 0.2) is 46.9 Å². The van der Waals surface area contributed by atoms with Crippen molar-refractivity contribution in [1.82, 2.24) is 0 Å². The maximum atomic E-state index is 6.19. The lowest BCUT2D eigenvalue weighted by Crippen LogP contribution is -2.06. The molecule has 1 unspecified atom stereocenters. The number of hydrogen-bond donors (Lipinski definition) is 1. The van der Waals surface area contributed by atoms with Crippen molar-refractivity contribution in [3.8, 4) is 0 Å². The van der Waals surface area contributed by atoms with Crippen LogP contribution in [-0.2, 0) is 0 Å². The van der Waals surface area contributed by atoms with E-state index < -0.39 is 0 Å². The van der Waals surface area contributed by atoms with E-state index in [-0.39, 0.29) is 6.04 Å². The van der Waals surface area contributed by atoms with Gasteiger partial charge >= 0.3 is 0 Å². The van der Waals surface area contributed by atoms with Crippen LogP contribution in [0.3, 0.4) is 0 Å². The fourth-order valence-corrected chi connectivity index (χ4v) is 2.51. The zero-order valence-electron chi connectivity index (χ0n) is 10.4. The Morgan fingerprint density at radius 2 is 1.78 bits per heavy atom. The van der Waals surface area contributed by atoms with E-state index in [9.17, 15) is 0 Å². The van der Waals surface area contributed by atoms with Gasteiger partial charge in [0.05, 0.1) is 10.7 Å². The summed E-state index contributed by atoms with van der Waals surface area (Å²) in [6.45, 7) is 4.22. The highest BCUT2D eigenvalue weighted by Gasteiger charge is 2.07. The maximum Gasteiger partial charge on any atom is 0.0648 e. The number of benzene rings is 2. The molecule has 0 saturated heterocycles. The normalized spacial score (nSPS) is 12.2. The van der Waals surface area contributed by atoms with E-state index >= 15 is 0 Å². The molecule has 0 aliphatic rings. The molecule has 0 bridgehead atoms. The zero-order valence-corrected chi connectivity index (χ0v) is 12.7. The van der Waals surface area contributed by atoms with Gasteiger partial charge in [0, 0.05) is 10.5 Å². The van der Waals surface area contributed by atoms with Crippen molar-refractivity contribution in [2.75, 3.05) is 5.32 Å². The van der Waals surface area contributed by atoms with Crippen molar-refractivity contribution in [3.05, 3.63) is 63.1 Å². The molecular formula is C15H15BrClN. The molecule has 1 atom stereocenters. The monoisotopic (exact) mass is 323 g/mol. The molecule has 0 spiro atoms. The Balaban J connectivity index is 2.15. The fraction of sp³-hybridized carbons (Fsp3) is 0.200. The number of hydrogen-bond acceptors (Lipinski definition) is 1. The van der Waals surface area contributed by atoms with E-state index in [2.05, 4.69) is 59.4 Å². The van der Waals surface area contributed by atoms with Gasteiger partial charge in [0.25, 0.3) is 0 Å². The highest BCUT2D eigenvalue weighted by Crippen LogP contribution is 2.28. The smallest absolute Gasteiger partial charge is 0.0648 e. The molecule has 0 saturated carbocycles. The van der Waals surface area contributed by atoms with Crippen molar-refractivity contribution in [2.24, 2.45) is 0 Å². The van der Waals surface area contributed by atoms with Crippen LogP contribution >= 0.6 is 27.5 Å². The highest BCUT2D eigenvalue weighted by molar-refractivity contribution is 9.10. The van der Waals surface area contributed by atoms with E-state index in [4.69, 9.17) is 11.6 Å². The van der Waals surface area contributed by atoms with Gasteiger partial charge < -0.3 is 5.32 Å². The molecule has 0 amide bonds. The molecule has 0 aromatic heterocycles. The third kappa shape index (κ3) is 3.27. The average Bonchev–Trinajstić information content (AvgIpc) is 2.33. The Kier molecular flexibility index (Phi) is 4.31. The van der Waals surface area contributed by atoms with Crippen LogP contribution in [0.1, 0.15) is 24.1 Å². The standard InChI is InChI=1S/C15H15BrClN/c1-10-3-5-12(6-4-10)11(2)18-15-8-7-13(16)9-14(15)17/h3-9,11,18H,1-2H3. The number of aryl methyl sites for hydroxylation is 1. The minimum absolute atomic E-state index is 0.226. The molecule has 1 N–H and O–H groups in total. The summed E-state index contributed by atoms with van der Waals surface area (Å²) in [6, 6.07) is 14.6. The molecule has 0 heterocycles. The van der Waals surface area contributed by atoms with Crippen LogP contribution < -0.4 is 5.32 Å².